The maximum atomic E-state index is 12.3. The monoisotopic (exact) mass is 442 g/mol. The van der Waals surface area contributed by atoms with Crippen LogP contribution in [0.15, 0.2) is 46.6 Å². The summed E-state index contributed by atoms with van der Waals surface area (Å²) in [5.41, 5.74) is 0.820. The number of esters is 1. The van der Waals surface area contributed by atoms with Gasteiger partial charge in [0.25, 0.3) is 5.56 Å². The molecule has 10 heteroatoms. The molecule has 1 aromatic carbocycles. The van der Waals surface area contributed by atoms with Crippen LogP contribution in [0.3, 0.4) is 0 Å². The molecule has 0 N–H and O–H groups in total. The van der Waals surface area contributed by atoms with Crippen molar-refractivity contribution in [2.24, 2.45) is 0 Å². The van der Waals surface area contributed by atoms with Crippen molar-refractivity contribution in [3.8, 4) is 5.75 Å². The van der Waals surface area contributed by atoms with Crippen molar-refractivity contribution in [1.29, 1.82) is 0 Å². The fraction of sp³-hybridized carbons (Fsp3) is 0.286. The van der Waals surface area contributed by atoms with Crippen molar-refractivity contribution >= 4 is 34.0 Å². The number of amides is 1. The van der Waals surface area contributed by atoms with Gasteiger partial charge >= 0.3 is 5.97 Å². The number of aromatic nitrogens is 3. The number of nitrogens with zero attached hydrogens (tertiary/aromatic N) is 4. The first-order valence-corrected chi connectivity index (χ1v) is 10.5. The predicted molar refractivity (Wildman–Crippen MR) is 116 cm³/mol. The number of thiazole rings is 1. The van der Waals surface area contributed by atoms with E-state index in [0.717, 1.165) is 0 Å². The first-order valence-electron chi connectivity index (χ1n) is 9.58. The molecular weight excluding hydrogens is 420 g/mol. The topological polar surface area (TPSA) is 104 Å². The highest BCUT2D eigenvalue weighted by Crippen LogP contribution is 2.35. The number of benzene rings is 1. The van der Waals surface area contributed by atoms with Crippen LogP contribution in [0.4, 0.5) is 10.8 Å². The zero-order valence-electron chi connectivity index (χ0n) is 17.4. The molecule has 2 heterocycles. The van der Waals surface area contributed by atoms with Crippen LogP contribution in [0, 0.1) is 0 Å². The molecular formula is C21H22N4O5S. The van der Waals surface area contributed by atoms with Crippen molar-refractivity contribution in [2.75, 3.05) is 12.0 Å². The molecule has 3 aromatic rings. The van der Waals surface area contributed by atoms with Gasteiger partial charge in [-0.3, -0.25) is 14.5 Å². The maximum Gasteiger partial charge on any atom is 0.359 e. The SMILES string of the molecule is CCCn1nc(C(=O)OCc2csc(N(C(C)=O)c3ccccc3OC)n2)ccc1=O. The van der Waals surface area contributed by atoms with Crippen LogP contribution in [-0.2, 0) is 22.7 Å². The van der Waals surface area contributed by atoms with Crippen molar-refractivity contribution in [3.63, 3.8) is 0 Å². The Labute approximate surface area is 182 Å². The highest BCUT2D eigenvalue weighted by Gasteiger charge is 2.21. The van der Waals surface area contributed by atoms with Gasteiger partial charge in [0.15, 0.2) is 10.8 Å². The highest BCUT2D eigenvalue weighted by molar-refractivity contribution is 7.14. The molecule has 0 aliphatic rings. The van der Waals surface area contributed by atoms with Gasteiger partial charge in [-0.05, 0) is 24.6 Å². The number of aryl methyl sites for hydroxylation is 1. The number of methoxy groups -OCH3 is 1. The zero-order valence-corrected chi connectivity index (χ0v) is 18.2. The molecule has 2 aromatic heterocycles. The van der Waals surface area contributed by atoms with Crippen LogP contribution >= 0.6 is 11.3 Å². The van der Waals surface area contributed by atoms with Gasteiger partial charge in [-0.2, -0.15) is 5.10 Å². The minimum atomic E-state index is -0.660. The molecule has 0 saturated carbocycles. The molecule has 0 bridgehead atoms. The number of carbonyl (C=O) groups is 2. The van der Waals surface area contributed by atoms with E-state index in [1.54, 1.807) is 23.6 Å². The molecule has 0 fully saturated rings. The van der Waals surface area contributed by atoms with E-state index in [0.29, 0.717) is 35.2 Å². The minimum Gasteiger partial charge on any atom is -0.495 e. The summed E-state index contributed by atoms with van der Waals surface area (Å²) in [5, 5.41) is 6.17. The molecule has 0 radical (unpaired) electrons. The molecule has 0 spiro atoms. The van der Waals surface area contributed by atoms with Gasteiger partial charge in [0.05, 0.1) is 18.5 Å². The average molecular weight is 442 g/mol. The molecule has 0 saturated heterocycles. The molecule has 0 aliphatic carbocycles. The van der Waals surface area contributed by atoms with Gasteiger partial charge < -0.3 is 9.47 Å². The highest BCUT2D eigenvalue weighted by atomic mass is 32.1. The summed E-state index contributed by atoms with van der Waals surface area (Å²) in [4.78, 5) is 42.2. The first kappa shape index (κ1) is 22.2. The Morgan fingerprint density at radius 2 is 1.97 bits per heavy atom. The van der Waals surface area contributed by atoms with Gasteiger partial charge in [-0.1, -0.05) is 19.1 Å². The van der Waals surface area contributed by atoms with Crippen LogP contribution in [0.25, 0.3) is 0 Å². The summed E-state index contributed by atoms with van der Waals surface area (Å²) in [5.74, 6) is -0.355. The maximum absolute atomic E-state index is 12.3. The second-order valence-electron chi connectivity index (χ2n) is 6.50. The number of carbonyl (C=O) groups excluding carboxylic acids is 2. The lowest BCUT2D eigenvalue weighted by molar-refractivity contribution is -0.115. The van der Waals surface area contributed by atoms with Crippen LogP contribution < -0.4 is 15.2 Å². The minimum absolute atomic E-state index is 0.0443. The molecule has 31 heavy (non-hydrogen) atoms. The van der Waals surface area contributed by atoms with Gasteiger partial charge in [-0.25, -0.2) is 14.5 Å². The van der Waals surface area contributed by atoms with Crippen molar-refractivity contribution in [3.05, 3.63) is 63.5 Å². The lowest BCUT2D eigenvalue weighted by Gasteiger charge is -2.20. The lowest BCUT2D eigenvalue weighted by atomic mass is 10.2. The second-order valence-corrected chi connectivity index (χ2v) is 7.34. The molecule has 9 nitrogen and oxygen atoms in total. The van der Waals surface area contributed by atoms with E-state index in [9.17, 15) is 14.4 Å². The van der Waals surface area contributed by atoms with E-state index in [1.165, 1.54) is 47.1 Å². The van der Waals surface area contributed by atoms with Gasteiger partial charge in [0.1, 0.15) is 12.4 Å². The number of anilines is 2. The zero-order chi connectivity index (χ0) is 22.4. The van der Waals surface area contributed by atoms with Crippen LogP contribution in [0.2, 0.25) is 0 Å². The Balaban J connectivity index is 1.75. The van der Waals surface area contributed by atoms with Crippen molar-refractivity contribution in [2.45, 2.75) is 33.4 Å². The molecule has 0 atom stereocenters. The van der Waals surface area contributed by atoms with E-state index in [-0.39, 0.29) is 23.8 Å². The molecule has 162 valence electrons. The standard InChI is InChI=1S/C21H22N4O5S/c1-4-11-24-19(27)10-9-16(23-24)20(28)30-12-15-13-31-21(22-15)25(14(2)26)17-7-5-6-8-18(17)29-3/h5-10,13H,4,11-12H2,1-3H3. The van der Waals surface area contributed by atoms with Crippen LogP contribution in [-0.4, -0.2) is 33.8 Å². The van der Waals surface area contributed by atoms with Gasteiger partial charge in [0, 0.05) is 24.9 Å². The second kappa shape index (κ2) is 9.98. The summed E-state index contributed by atoms with van der Waals surface area (Å²) in [7, 11) is 1.53. The number of hydrogen-bond donors (Lipinski definition) is 0. The number of ether oxygens (including phenoxy) is 2. The molecule has 3 rings (SSSR count). The Morgan fingerprint density at radius 3 is 2.68 bits per heavy atom. The Bertz CT molecular complexity index is 1140. The molecule has 1 amide bonds. The summed E-state index contributed by atoms with van der Waals surface area (Å²) in [6.07, 6.45) is 0.714. The summed E-state index contributed by atoms with van der Waals surface area (Å²) < 4.78 is 11.9. The van der Waals surface area contributed by atoms with Crippen molar-refractivity contribution < 1.29 is 19.1 Å². The van der Waals surface area contributed by atoms with Crippen LogP contribution in [0.1, 0.15) is 36.5 Å². The third-order valence-corrected chi connectivity index (χ3v) is 5.11. The number of hydrogen-bond acceptors (Lipinski definition) is 8. The van der Waals surface area contributed by atoms with E-state index in [1.807, 2.05) is 13.0 Å². The molecule has 0 unspecified atom stereocenters. The normalized spacial score (nSPS) is 10.5. The van der Waals surface area contributed by atoms with Gasteiger partial charge in [0.2, 0.25) is 5.91 Å². The first-order chi connectivity index (χ1) is 14.9. The average Bonchev–Trinajstić information content (AvgIpc) is 3.22. The fourth-order valence-corrected chi connectivity index (χ4v) is 3.69. The number of rotatable bonds is 8. The third kappa shape index (κ3) is 5.15. The fourth-order valence-electron chi connectivity index (χ4n) is 2.83. The van der Waals surface area contributed by atoms with Gasteiger partial charge in [-0.15, -0.1) is 11.3 Å². The van der Waals surface area contributed by atoms with Crippen LogP contribution in [0.5, 0.6) is 5.75 Å². The number of para-hydroxylation sites is 2. The third-order valence-electron chi connectivity index (χ3n) is 4.23. The summed E-state index contributed by atoms with van der Waals surface area (Å²) >= 11 is 1.24. The summed E-state index contributed by atoms with van der Waals surface area (Å²) in [6.45, 7) is 3.67. The Hall–Kier alpha value is -3.53. The van der Waals surface area contributed by atoms with E-state index < -0.39 is 5.97 Å². The smallest absolute Gasteiger partial charge is 0.359 e. The van der Waals surface area contributed by atoms with E-state index in [4.69, 9.17) is 9.47 Å². The Morgan fingerprint density at radius 1 is 1.19 bits per heavy atom. The summed E-state index contributed by atoms with van der Waals surface area (Å²) in [6, 6.07) is 9.76. The predicted octanol–water partition coefficient (Wildman–Crippen LogP) is 3.16. The molecule has 0 aliphatic heterocycles. The lowest BCUT2D eigenvalue weighted by Crippen LogP contribution is -2.24. The van der Waals surface area contributed by atoms with E-state index in [2.05, 4.69) is 10.1 Å². The largest absolute Gasteiger partial charge is 0.495 e. The van der Waals surface area contributed by atoms with Crippen molar-refractivity contribution in [1.82, 2.24) is 14.8 Å². The van der Waals surface area contributed by atoms with E-state index >= 15 is 0 Å². The Kier molecular flexibility index (Phi) is 7.14. The quantitative estimate of drug-likeness (QED) is 0.494.